The van der Waals surface area contributed by atoms with Crippen LogP contribution in [0.2, 0.25) is 0 Å². The first-order valence-corrected chi connectivity index (χ1v) is 5.50. The van der Waals surface area contributed by atoms with Gasteiger partial charge in [0.15, 0.2) is 0 Å². The number of piperazine rings is 1. The fraction of sp³-hybridized carbons (Fsp3) is 0.538. The minimum absolute atomic E-state index is 0.0510. The number of nitrogens with zero attached hydrogens (tertiary/aromatic N) is 1. The van der Waals surface area contributed by atoms with Gasteiger partial charge in [0.25, 0.3) is 0 Å². The number of hydrogen-bond acceptors (Lipinski definition) is 1. The molecule has 1 heterocycles. The Morgan fingerprint density at radius 1 is 1.20 bits per heavy atom. The van der Waals surface area contributed by atoms with Gasteiger partial charge < -0.3 is 5.32 Å². The molecule has 0 bridgehead atoms. The van der Waals surface area contributed by atoms with E-state index in [0.29, 0.717) is 6.04 Å². The molecule has 0 spiro atoms. The summed E-state index contributed by atoms with van der Waals surface area (Å²) in [5, 5.41) is 8.22. The van der Waals surface area contributed by atoms with E-state index in [1.54, 1.807) is 0 Å². The molecule has 1 radical (unpaired) electrons. The zero-order valence-electron chi connectivity index (χ0n) is 9.41. The van der Waals surface area contributed by atoms with Crippen molar-refractivity contribution < 1.29 is 0 Å². The predicted octanol–water partition coefficient (Wildman–Crippen LogP) is 2.03. The van der Waals surface area contributed by atoms with E-state index in [1.165, 1.54) is 0 Å². The molecule has 2 nitrogen and oxygen atoms in total. The molecular formula is C13H21N2. The summed E-state index contributed by atoms with van der Waals surface area (Å²) in [7, 11) is 0. The molecule has 1 saturated heterocycles. The second kappa shape index (κ2) is 5.89. The van der Waals surface area contributed by atoms with Gasteiger partial charge in [-0.1, -0.05) is 18.2 Å². The molecule has 1 aliphatic heterocycles. The Balaban J connectivity index is 2.64. The van der Waals surface area contributed by atoms with Crippen molar-refractivity contribution in [3.8, 4) is 0 Å². The van der Waals surface area contributed by atoms with Gasteiger partial charge in [-0.25, -0.2) is 5.32 Å². The van der Waals surface area contributed by atoms with Crippen molar-refractivity contribution in [2.75, 3.05) is 13.1 Å². The van der Waals surface area contributed by atoms with Crippen molar-refractivity contribution >= 4 is 0 Å². The number of hydrogen-bond donors (Lipinski definition) is 1. The fourth-order valence-corrected chi connectivity index (χ4v) is 2.18. The molecule has 0 aromatic carbocycles. The quantitative estimate of drug-likeness (QED) is 0.660. The van der Waals surface area contributed by atoms with E-state index < -0.39 is 0 Å². The predicted molar refractivity (Wildman–Crippen MR) is 66.0 cm³/mol. The van der Waals surface area contributed by atoms with Gasteiger partial charge in [-0.2, -0.15) is 0 Å². The van der Waals surface area contributed by atoms with Crippen LogP contribution in [0.4, 0.5) is 0 Å². The Hall–Kier alpha value is -0.860. The van der Waals surface area contributed by atoms with Gasteiger partial charge in [-0.3, -0.25) is 0 Å². The summed E-state index contributed by atoms with van der Waals surface area (Å²) in [6.45, 7) is 13.2. The van der Waals surface area contributed by atoms with E-state index in [2.05, 4.69) is 30.4 Å². The third-order valence-electron chi connectivity index (χ3n) is 2.80. The summed E-state index contributed by atoms with van der Waals surface area (Å²) in [5.41, 5.74) is 0.0510. The van der Waals surface area contributed by atoms with Crippen LogP contribution in [0.25, 0.3) is 0 Å². The molecule has 0 aromatic heterocycles. The summed E-state index contributed by atoms with van der Waals surface area (Å²) < 4.78 is 0. The van der Waals surface area contributed by atoms with Crippen LogP contribution in [0.1, 0.15) is 19.3 Å². The Labute approximate surface area is 93.1 Å². The molecule has 0 saturated carbocycles. The average Bonchev–Trinajstić information content (AvgIpc) is 2.19. The molecule has 1 aliphatic rings. The minimum atomic E-state index is 0.0510. The zero-order valence-corrected chi connectivity index (χ0v) is 9.41. The summed E-state index contributed by atoms with van der Waals surface area (Å²) in [6, 6.07) is 0.427. The second-order valence-electron chi connectivity index (χ2n) is 4.20. The summed E-state index contributed by atoms with van der Waals surface area (Å²) in [4.78, 5) is 0. The van der Waals surface area contributed by atoms with Gasteiger partial charge >= 0.3 is 0 Å². The molecule has 1 N–H and O–H groups in total. The van der Waals surface area contributed by atoms with E-state index in [0.717, 1.165) is 32.4 Å². The lowest BCUT2D eigenvalue weighted by Gasteiger charge is -2.41. The van der Waals surface area contributed by atoms with Crippen molar-refractivity contribution in [2.45, 2.75) is 30.8 Å². The molecule has 0 aliphatic carbocycles. The molecule has 2 heteroatoms. The van der Waals surface area contributed by atoms with Crippen LogP contribution >= 0.6 is 0 Å². The maximum Gasteiger partial charge on any atom is 0.0394 e. The lowest BCUT2D eigenvalue weighted by molar-refractivity contribution is 0.223. The first-order chi connectivity index (χ1) is 7.26. The van der Waals surface area contributed by atoms with Gasteiger partial charge in [0.05, 0.1) is 0 Å². The minimum Gasteiger partial charge on any atom is -0.305 e. The highest BCUT2D eigenvalue weighted by Gasteiger charge is 2.33. The first-order valence-electron chi connectivity index (χ1n) is 5.50. The molecule has 1 unspecified atom stereocenters. The maximum atomic E-state index is 4.56. The highest BCUT2D eigenvalue weighted by atomic mass is 15.1. The molecule has 1 fully saturated rings. The molecular weight excluding hydrogens is 184 g/mol. The van der Waals surface area contributed by atoms with E-state index >= 15 is 0 Å². The lowest BCUT2D eigenvalue weighted by Crippen LogP contribution is -2.61. The van der Waals surface area contributed by atoms with Gasteiger partial charge in [0.2, 0.25) is 0 Å². The summed E-state index contributed by atoms with van der Waals surface area (Å²) in [5.74, 6) is 0. The SMILES string of the molecule is C=CCC1C[N]CC(CC=C)(CC=C)N1. The standard InChI is InChI=1S/C13H21N2/c1-4-7-12-10-14-11-13(15-12,8-5-2)9-6-3/h4-6,12,15H,1-3,7-11H2. The van der Waals surface area contributed by atoms with Crippen molar-refractivity contribution in [3.05, 3.63) is 38.0 Å². The molecule has 15 heavy (non-hydrogen) atoms. The third kappa shape index (κ3) is 3.33. The van der Waals surface area contributed by atoms with Crippen LogP contribution in [0, 0.1) is 0 Å². The maximum absolute atomic E-state index is 4.56. The van der Waals surface area contributed by atoms with Crippen LogP contribution in [0.15, 0.2) is 38.0 Å². The molecule has 1 atom stereocenters. The van der Waals surface area contributed by atoms with Gasteiger partial charge in [0, 0.05) is 24.7 Å². The van der Waals surface area contributed by atoms with E-state index in [1.807, 2.05) is 18.2 Å². The fourth-order valence-electron chi connectivity index (χ4n) is 2.18. The average molecular weight is 205 g/mol. The van der Waals surface area contributed by atoms with Crippen LogP contribution in [0.3, 0.4) is 0 Å². The largest absolute Gasteiger partial charge is 0.305 e. The van der Waals surface area contributed by atoms with Gasteiger partial charge in [-0.15, -0.1) is 19.7 Å². The zero-order chi connectivity index (χ0) is 11.1. The van der Waals surface area contributed by atoms with E-state index in [-0.39, 0.29) is 5.54 Å². The Morgan fingerprint density at radius 2 is 1.87 bits per heavy atom. The molecule has 0 aromatic rings. The van der Waals surface area contributed by atoms with Gasteiger partial charge in [-0.05, 0) is 19.3 Å². The van der Waals surface area contributed by atoms with Crippen LogP contribution in [0.5, 0.6) is 0 Å². The topological polar surface area (TPSA) is 26.1 Å². The molecule has 83 valence electrons. The van der Waals surface area contributed by atoms with Crippen molar-refractivity contribution in [3.63, 3.8) is 0 Å². The highest BCUT2D eigenvalue weighted by Crippen LogP contribution is 2.21. The lowest BCUT2D eigenvalue weighted by atomic mass is 9.87. The second-order valence-corrected chi connectivity index (χ2v) is 4.20. The molecule has 0 amide bonds. The van der Waals surface area contributed by atoms with Gasteiger partial charge in [0.1, 0.15) is 0 Å². The smallest absolute Gasteiger partial charge is 0.0394 e. The van der Waals surface area contributed by atoms with Crippen LogP contribution in [-0.4, -0.2) is 24.7 Å². The molecule has 1 rings (SSSR count). The normalized spacial score (nSPS) is 24.4. The van der Waals surface area contributed by atoms with Crippen LogP contribution in [-0.2, 0) is 0 Å². The van der Waals surface area contributed by atoms with Crippen molar-refractivity contribution in [1.29, 1.82) is 0 Å². The Bertz CT molecular complexity index is 223. The highest BCUT2D eigenvalue weighted by molar-refractivity contribution is 5.04. The Kier molecular flexibility index (Phi) is 4.79. The van der Waals surface area contributed by atoms with Crippen molar-refractivity contribution in [1.82, 2.24) is 10.6 Å². The summed E-state index contributed by atoms with van der Waals surface area (Å²) >= 11 is 0. The van der Waals surface area contributed by atoms with Crippen LogP contribution < -0.4 is 10.6 Å². The first kappa shape index (κ1) is 12.2. The monoisotopic (exact) mass is 205 g/mol. The number of rotatable bonds is 6. The van der Waals surface area contributed by atoms with E-state index in [4.69, 9.17) is 0 Å². The summed E-state index contributed by atoms with van der Waals surface area (Å²) in [6.07, 6.45) is 8.72. The Morgan fingerprint density at radius 3 is 2.40 bits per heavy atom. The van der Waals surface area contributed by atoms with Crippen molar-refractivity contribution in [2.24, 2.45) is 0 Å². The number of nitrogens with one attached hydrogen (secondary N) is 1. The third-order valence-corrected chi connectivity index (χ3v) is 2.80. The van der Waals surface area contributed by atoms with E-state index in [9.17, 15) is 0 Å².